The molecule has 2 unspecified atom stereocenters. The lowest BCUT2D eigenvalue weighted by molar-refractivity contribution is -0.143. The van der Waals surface area contributed by atoms with Gasteiger partial charge in [0.15, 0.2) is 0 Å². The van der Waals surface area contributed by atoms with Crippen LogP contribution < -0.4 is 0 Å². The molecule has 1 saturated heterocycles. The van der Waals surface area contributed by atoms with Crippen molar-refractivity contribution in [2.45, 2.75) is 25.8 Å². The maximum absolute atomic E-state index is 11.6. The first-order valence-electron chi connectivity index (χ1n) is 8.98. The van der Waals surface area contributed by atoms with Gasteiger partial charge in [0, 0.05) is 23.6 Å². The monoisotopic (exact) mass is 366 g/mol. The van der Waals surface area contributed by atoms with E-state index < -0.39 is 5.97 Å². The molecule has 0 spiro atoms. The minimum atomic E-state index is -0.685. The first kappa shape index (κ1) is 17.2. The molecule has 134 valence electrons. The van der Waals surface area contributed by atoms with Crippen molar-refractivity contribution in [3.8, 4) is 0 Å². The number of thiophene rings is 1. The third kappa shape index (κ3) is 3.13. The summed E-state index contributed by atoms with van der Waals surface area (Å²) < 4.78 is 1.27. The molecule has 3 heterocycles. The van der Waals surface area contributed by atoms with Crippen LogP contribution in [0.2, 0.25) is 0 Å². The van der Waals surface area contributed by atoms with Crippen LogP contribution in [0.4, 0.5) is 0 Å². The number of likely N-dealkylation sites (tertiary alicyclic amines) is 1. The maximum atomic E-state index is 11.6. The highest BCUT2D eigenvalue weighted by Crippen LogP contribution is 2.39. The van der Waals surface area contributed by atoms with Gasteiger partial charge in [0.25, 0.3) is 0 Å². The summed E-state index contributed by atoms with van der Waals surface area (Å²) >= 11 is 1.76. The highest BCUT2D eigenvalue weighted by molar-refractivity contribution is 7.17. The predicted octanol–water partition coefficient (Wildman–Crippen LogP) is 4.49. The third-order valence-electron chi connectivity index (χ3n) is 5.33. The van der Waals surface area contributed by atoms with Crippen LogP contribution in [0.1, 0.15) is 35.6 Å². The molecule has 0 bridgehead atoms. The maximum Gasteiger partial charge on any atom is 0.307 e. The van der Waals surface area contributed by atoms with E-state index in [9.17, 15) is 9.90 Å². The molecule has 2 aromatic heterocycles. The zero-order valence-corrected chi connectivity index (χ0v) is 15.6. The molecule has 0 saturated carbocycles. The van der Waals surface area contributed by atoms with Gasteiger partial charge in [-0.15, -0.1) is 11.3 Å². The molecular weight excluding hydrogens is 344 g/mol. The van der Waals surface area contributed by atoms with Crippen molar-refractivity contribution < 1.29 is 9.90 Å². The Morgan fingerprint density at radius 2 is 2.15 bits per heavy atom. The van der Waals surface area contributed by atoms with E-state index in [2.05, 4.69) is 52.5 Å². The molecular formula is C21H22N2O2S. The predicted molar refractivity (Wildman–Crippen MR) is 105 cm³/mol. The highest BCUT2D eigenvalue weighted by Gasteiger charge is 2.32. The van der Waals surface area contributed by atoms with E-state index in [1.54, 1.807) is 11.3 Å². The summed E-state index contributed by atoms with van der Waals surface area (Å²) in [4.78, 5) is 18.2. The summed E-state index contributed by atoms with van der Waals surface area (Å²) in [5.74, 6) is -0.978. The fraction of sp³-hybridized carbons (Fsp3) is 0.333. The normalized spacial score (nSPS) is 19.5. The molecule has 1 aromatic carbocycles. The lowest BCUT2D eigenvalue weighted by atomic mass is 9.90. The molecule has 0 aliphatic carbocycles. The molecule has 0 radical (unpaired) electrons. The number of carboxylic acids is 1. The molecule has 4 nitrogen and oxygen atoms in total. The lowest BCUT2D eigenvalue weighted by Gasteiger charge is -2.38. The van der Waals surface area contributed by atoms with Crippen LogP contribution >= 0.6 is 11.3 Å². The van der Waals surface area contributed by atoms with Crippen molar-refractivity contribution >= 4 is 27.4 Å². The molecule has 1 aliphatic rings. The zero-order valence-electron chi connectivity index (χ0n) is 14.8. The van der Waals surface area contributed by atoms with Crippen LogP contribution in [0, 0.1) is 12.8 Å². The minimum Gasteiger partial charge on any atom is -0.481 e. The molecule has 1 fully saturated rings. The summed E-state index contributed by atoms with van der Waals surface area (Å²) in [7, 11) is 0. The van der Waals surface area contributed by atoms with E-state index in [1.165, 1.54) is 21.2 Å². The van der Waals surface area contributed by atoms with Crippen LogP contribution in [0.15, 0.2) is 48.1 Å². The number of rotatable bonds is 4. The van der Waals surface area contributed by atoms with Crippen molar-refractivity contribution in [1.82, 2.24) is 9.88 Å². The summed E-state index contributed by atoms with van der Waals surface area (Å²) in [6.07, 6.45) is 5.41. The van der Waals surface area contributed by atoms with Crippen molar-refractivity contribution in [2.75, 3.05) is 13.1 Å². The molecule has 5 heteroatoms. The lowest BCUT2D eigenvalue weighted by Crippen LogP contribution is -2.41. The number of nitrogens with zero attached hydrogens (tertiary/aromatic N) is 2. The van der Waals surface area contributed by atoms with Gasteiger partial charge in [-0.25, -0.2) is 0 Å². The minimum absolute atomic E-state index is 0.0660. The fourth-order valence-corrected chi connectivity index (χ4v) is 4.98. The second-order valence-electron chi connectivity index (χ2n) is 6.99. The number of hydrogen-bond acceptors (Lipinski definition) is 4. The van der Waals surface area contributed by atoms with Crippen LogP contribution in [-0.2, 0) is 4.79 Å². The van der Waals surface area contributed by atoms with Crippen LogP contribution in [-0.4, -0.2) is 34.0 Å². The Morgan fingerprint density at radius 3 is 2.96 bits per heavy atom. The molecule has 1 N–H and O–H groups in total. The van der Waals surface area contributed by atoms with Crippen LogP contribution in [0.3, 0.4) is 0 Å². The number of carboxylic acid groups (broad SMARTS) is 1. The summed E-state index contributed by atoms with van der Waals surface area (Å²) in [5.41, 5.74) is 3.63. The topological polar surface area (TPSA) is 53.4 Å². The van der Waals surface area contributed by atoms with E-state index in [4.69, 9.17) is 0 Å². The Balaban J connectivity index is 1.82. The smallest absolute Gasteiger partial charge is 0.307 e. The zero-order chi connectivity index (χ0) is 18.1. The van der Waals surface area contributed by atoms with E-state index >= 15 is 0 Å². The van der Waals surface area contributed by atoms with E-state index in [-0.39, 0.29) is 12.0 Å². The molecule has 1 aliphatic heterocycles. The van der Waals surface area contributed by atoms with Gasteiger partial charge in [-0.1, -0.05) is 18.2 Å². The quantitative estimate of drug-likeness (QED) is 0.739. The number of piperidine rings is 1. The second kappa shape index (κ2) is 7.17. The van der Waals surface area contributed by atoms with E-state index in [1.807, 2.05) is 12.4 Å². The van der Waals surface area contributed by atoms with Gasteiger partial charge in [0.05, 0.1) is 12.0 Å². The summed E-state index contributed by atoms with van der Waals surface area (Å²) in [5, 5.41) is 13.0. The van der Waals surface area contributed by atoms with Gasteiger partial charge < -0.3 is 5.11 Å². The van der Waals surface area contributed by atoms with E-state index in [0.29, 0.717) is 6.54 Å². The van der Waals surface area contributed by atoms with Crippen LogP contribution in [0.5, 0.6) is 0 Å². The Kier molecular flexibility index (Phi) is 4.74. The Labute approximate surface area is 157 Å². The van der Waals surface area contributed by atoms with Gasteiger partial charge in [-0.3, -0.25) is 14.7 Å². The third-order valence-corrected chi connectivity index (χ3v) is 6.31. The largest absolute Gasteiger partial charge is 0.481 e. The number of aryl methyl sites for hydroxylation is 1. The number of carbonyl (C=O) groups is 1. The number of benzene rings is 1. The molecule has 3 aromatic rings. The first-order chi connectivity index (χ1) is 12.6. The number of aromatic nitrogens is 1. The number of hydrogen-bond donors (Lipinski definition) is 1. The van der Waals surface area contributed by atoms with Gasteiger partial charge in [-0.05, 0) is 65.9 Å². The number of pyridine rings is 1. The fourth-order valence-electron chi connectivity index (χ4n) is 4.00. The van der Waals surface area contributed by atoms with Crippen molar-refractivity contribution in [1.29, 1.82) is 0 Å². The summed E-state index contributed by atoms with van der Waals surface area (Å²) in [6.45, 7) is 3.59. The highest BCUT2D eigenvalue weighted by atomic mass is 32.1. The second-order valence-corrected chi connectivity index (χ2v) is 7.91. The van der Waals surface area contributed by atoms with Crippen molar-refractivity contribution in [3.05, 3.63) is 64.8 Å². The number of fused-ring (bicyclic) bond motifs is 1. The van der Waals surface area contributed by atoms with Gasteiger partial charge in [-0.2, -0.15) is 0 Å². The Morgan fingerprint density at radius 1 is 1.31 bits per heavy atom. The van der Waals surface area contributed by atoms with Gasteiger partial charge in [0.2, 0.25) is 0 Å². The molecule has 0 amide bonds. The van der Waals surface area contributed by atoms with Crippen molar-refractivity contribution in [3.63, 3.8) is 0 Å². The first-order valence-corrected chi connectivity index (χ1v) is 9.86. The Hall–Kier alpha value is -2.24. The Bertz CT molecular complexity index is 936. The molecule has 2 atom stereocenters. The van der Waals surface area contributed by atoms with Crippen molar-refractivity contribution in [2.24, 2.45) is 5.92 Å². The standard InChI is InChI=1S/C21H22N2O2S/c1-14-11-22-9-8-16(14)20(23-10-4-5-15(12-23)21(24)25)18-13-26-19-7-3-2-6-17(18)19/h2-3,6-9,11,13,15,20H,4-5,10,12H2,1H3,(H,24,25). The average Bonchev–Trinajstić information content (AvgIpc) is 3.08. The summed E-state index contributed by atoms with van der Waals surface area (Å²) in [6, 6.07) is 10.6. The average molecular weight is 366 g/mol. The SMILES string of the molecule is Cc1cnccc1C(c1csc2ccccc12)N1CCCC(C(=O)O)C1. The van der Waals surface area contributed by atoms with E-state index in [0.717, 1.165) is 24.9 Å². The van der Waals surface area contributed by atoms with Gasteiger partial charge in [0.1, 0.15) is 0 Å². The number of aliphatic carboxylic acids is 1. The van der Waals surface area contributed by atoms with Crippen LogP contribution in [0.25, 0.3) is 10.1 Å². The molecule has 4 rings (SSSR count). The van der Waals surface area contributed by atoms with Gasteiger partial charge >= 0.3 is 5.97 Å². The molecule has 26 heavy (non-hydrogen) atoms.